The van der Waals surface area contributed by atoms with Crippen LogP contribution in [0.25, 0.3) is 0 Å². The largest absolute Gasteiger partial charge is 0.491 e. The lowest BCUT2D eigenvalue weighted by Gasteiger charge is -2.18. The molecule has 0 bridgehead atoms. The molecule has 0 aliphatic heterocycles. The van der Waals surface area contributed by atoms with E-state index in [1.54, 1.807) is 13.0 Å². The van der Waals surface area contributed by atoms with Crippen LogP contribution >= 0.6 is 15.9 Å². The van der Waals surface area contributed by atoms with Gasteiger partial charge in [0, 0.05) is 16.9 Å². The topological polar surface area (TPSA) is 51.2 Å². The predicted octanol–water partition coefficient (Wildman–Crippen LogP) is 4.06. The maximum atomic E-state index is 12.9. The van der Waals surface area contributed by atoms with Gasteiger partial charge in [-0.15, -0.1) is 0 Å². The Morgan fingerprint density at radius 2 is 2.04 bits per heavy atom. The first-order valence-electron chi connectivity index (χ1n) is 6.98. The molecule has 1 amide bonds. The normalized spacial score (nSPS) is 12.5. The van der Waals surface area contributed by atoms with Crippen LogP contribution in [0.4, 0.5) is 13.2 Å². The van der Waals surface area contributed by atoms with Gasteiger partial charge in [-0.3, -0.25) is 9.78 Å². The minimum absolute atomic E-state index is 0.0970. The van der Waals surface area contributed by atoms with Crippen molar-refractivity contribution in [1.82, 2.24) is 10.3 Å². The van der Waals surface area contributed by atoms with Crippen molar-refractivity contribution in [3.63, 3.8) is 0 Å². The summed E-state index contributed by atoms with van der Waals surface area (Å²) < 4.78 is 44.5. The number of aromatic nitrogens is 1. The summed E-state index contributed by atoms with van der Waals surface area (Å²) in [5.41, 5.74) is -0.508. The van der Waals surface area contributed by atoms with E-state index in [1.807, 2.05) is 0 Å². The summed E-state index contributed by atoms with van der Waals surface area (Å²) in [7, 11) is 0. The van der Waals surface area contributed by atoms with E-state index in [9.17, 15) is 18.0 Å². The third kappa shape index (κ3) is 4.95. The van der Waals surface area contributed by atoms with Crippen molar-refractivity contribution in [1.29, 1.82) is 0 Å². The van der Waals surface area contributed by atoms with Crippen molar-refractivity contribution < 1.29 is 22.7 Å². The Bertz CT molecular complexity index is 722. The van der Waals surface area contributed by atoms with Crippen LogP contribution in [0.1, 0.15) is 22.8 Å². The lowest BCUT2D eigenvalue weighted by Crippen LogP contribution is -2.37. The fraction of sp³-hybridized carbons (Fsp3) is 0.250. The van der Waals surface area contributed by atoms with Gasteiger partial charge in [-0.25, -0.2) is 0 Å². The molecule has 1 N–H and O–H groups in total. The maximum absolute atomic E-state index is 12.9. The van der Waals surface area contributed by atoms with Gasteiger partial charge >= 0.3 is 6.18 Å². The van der Waals surface area contributed by atoms with Crippen LogP contribution in [0, 0.1) is 0 Å². The highest BCUT2D eigenvalue weighted by molar-refractivity contribution is 9.10. The van der Waals surface area contributed by atoms with E-state index in [1.165, 1.54) is 30.6 Å². The zero-order valence-corrected chi connectivity index (χ0v) is 14.2. The van der Waals surface area contributed by atoms with Crippen LogP contribution in [-0.2, 0) is 6.18 Å². The molecule has 0 fully saturated rings. The Labute approximate surface area is 145 Å². The molecule has 1 heterocycles. The Morgan fingerprint density at radius 1 is 1.33 bits per heavy atom. The number of halogens is 4. The van der Waals surface area contributed by atoms with E-state index < -0.39 is 17.8 Å². The molecule has 0 saturated heterocycles. The van der Waals surface area contributed by atoms with Crippen molar-refractivity contribution >= 4 is 21.8 Å². The third-order valence-corrected chi connectivity index (χ3v) is 3.46. The zero-order valence-electron chi connectivity index (χ0n) is 12.6. The summed E-state index contributed by atoms with van der Waals surface area (Å²) in [6, 6.07) is 6.05. The Kier molecular flexibility index (Phi) is 5.82. The lowest BCUT2D eigenvalue weighted by molar-refractivity contribution is -0.139. The molecule has 1 unspecified atom stereocenters. The van der Waals surface area contributed by atoms with Crippen LogP contribution < -0.4 is 10.1 Å². The molecule has 4 nitrogen and oxygen atoms in total. The van der Waals surface area contributed by atoms with E-state index in [0.29, 0.717) is 10.0 Å². The number of ether oxygens (including phenoxy) is 1. The quantitative estimate of drug-likeness (QED) is 0.820. The van der Waals surface area contributed by atoms with Crippen LogP contribution in [-0.4, -0.2) is 23.5 Å². The van der Waals surface area contributed by atoms with Crippen LogP contribution in [0.3, 0.4) is 0 Å². The number of nitrogens with zero attached hydrogens (tertiary/aromatic N) is 1. The van der Waals surface area contributed by atoms with E-state index in [4.69, 9.17) is 4.74 Å². The highest BCUT2D eigenvalue weighted by Crippen LogP contribution is 2.35. The molecular weight excluding hydrogens is 389 g/mol. The van der Waals surface area contributed by atoms with Gasteiger partial charge in [0.25, 0.3) is 5.91 Å². The second kappa shape index (κ2) is 7.65. The molecule has 1 aromatic carbocycles. The minimum Gasteiger partial charge on any atom is -0.491 e. The zero-order chi connectivity index (χ0) is 17.7. The number of nitrogens with one attached hydrogen (secondary N) is 1. The Balaban J connectivity index is 1.97. The number of hydrogen-bond acceptors (Lipinski definition) is 3. The summed E-state index contributed by atoms with van der Waals surface area (Å²) in [6.07, 6.45) is -1.56. The third-order valence-electron chi connectivity index (χ3n) is 3.03. The molecule has 2 aromatic rings. The number of para-hydroxylation sites is 1. The van der Waals surface area contributed by atoms with E-state index in [0.717, 1.165) is 6.07 Å². The van der Waals surface area contributed by atoms with Gasteiger partial charge < -0.3 is 10.1 Å². The first-order chi connectivity index (χ1) is 11.3. The van der Waals surface area contributed by atoms with Crippen LogP contribution in [0.15, 0.2) is 47.2 Å². The second-order valence-corrected chi connectivity index (χ2v) is 5.99. The highest BCUT2D eigenvalue weighted by Gasteiger charge is 2.34. The van der Waals surface area contributed by atoms with E-state index in [-0.39, 0.29) is 18.3 Å². The van der Waals surface area contributed by atoms with Gasteiger partial charge in [0.1, 0.15) is 12.4 Å². The number of benzene rings is 1. The molecule has 128 valence electrons. The standard InChI is InChI=1S/C16H14BrF3N2O2/c1-10(22-15(23)11-6-12(17)8-21-7-11)9-24-14-5-3-2-4-13(14)16(18,19)20/h2-8,10H,9H2,1H3,(H,22,23). The number of carbonyl (C=O) groups is 1. The summed E-state index contributed by atoms with van der Waals surface area (Å²) in [5, 5.41) is 2.65. The summed E-state index contributed by atoms with van der Waals surface area (Å²) >= 11 is 3.21. The fourth-order valence-corrected chi connectivity index (χ4v) is 2.29. The molecular formula is C16H14BrF3N2O2. The van der Waals surface area contributed by atoms with Crippen molar-refractivity contribution in [3.8, 4) is 5.75 Å². The van der Waals surface area contributed by atoms with Gasteiger partial charge in [-0.2, -0.15) is 13.2 Å². The van der Waals surface area contributed by atoms with Crippen molar-refractivity contribution in [2.75, 3.05) is 6.61 Å². The second-order valence-electron chi connectivity index (χ2n) is 5.07. The predicted molar refractivity (Wildman–Crippen MR) is 85.8 cm³/mol. The molecule has 24 heavy (non-hydrogen) atoms. The van der Waals surface area contributed by atoms with Crippen LogP contribution in [0.5, 0.6) is 5.75 Å². The molecule has 0 aliphatic rings. The molecule has 1 aromatic heterocycles. The van der Waals surface area contributed by atoms with E-state index in [2.05, 4.69) is 26.2 Å². The number of carbonyl (C=O) groups excluding carboxylic acids is 1. The first kappa shape index (κ1) is 18.3. The Hall–Kier alpha value is -2.09. The van der Waals surface area contributed by atoms with Gasteiger partial charge in [-0.05, 0) is 41.1 Å². The van der Waals surface area contributed by atoms with Gasteiger partial charge in [0.15, 0.2) is 0 Å². The fourth-order valence-electron chi connectivity index (χ4n) is 1.93. The number of alkyl halides is 3. The van der Waals surface area contributed by atoms with Crippen molar-refractivity contribution in [3.05, 3.63) is 58.3 Å². The monoisotopic (exact) mass is 402 g/mol. The van der Waals surface area contributed by atoms with Gasteiger partial charge in [0.05, 0.1) is 17.2 Å². The lowest BCUT2D eigenvalue weighted by atomic mass is 10.2. The SMILES string of the molecule is CC(COc1ccccc1C(F)(F)F)NC(=O)c1cncc(Br)c1. The molecule has 8 heteroatoms. The van der Waals surface area contributed by atoms with Gasteiger partial charge in [-0.1, -0.05) is 12.1 Å². The van der Waals surface area contributed by atoms with Gasteiger partial charge in [0.2, 0.25) is 0 Å². The highest BCUT2D eigenvalue weighted by atomic mass is 79.9. The summed E-state index contributed by atoms with van der Waals surface area (Å²) in [6.45, 7) is 1.54. The average molecular weight is 403 g/mol. The summed E-state index contributed by atoms with van der Waals surface area (Å²) in [5.74, 6) is -0.653. The molecule has 0 spiro atoms. The molecule has 1 atom stereocenters. The maximum Gasteiger partial charge on any atom is 0.419 e. The smallest absolute Gasteiger partial charge is 0.419 e. The molecule has 0 aliphatic carbocycles. The average Bonchev–Trinajstić information content (AvgIpc) is 2.52. The van der Waals surface area contributed by atoms with Crippen molar-refractivity contribution in [2.45, 2.75) is 19.1 Å². The Morgan fingerprint density at radius 3 is 2.71 bits per heavy atom. The summed E-state index contributed by atoms with van der Waals surface area (Å²) in [4.78, 5) is 15.9. The molecule has 2 rings (SSSR count). The van der Waals surface area contributed by atoms with Crippen LogP contribution in [0.2, 0.25) is 0 Å². The van der Waals surface area contributed by atoms with E-state index >= 15 is 0 Å². The first-order valence-corrected chi connectivity index (χ1v) is 7.77. The number of pyridine rings is 1. The van der Waals surface area contributed by atoms with Crippen molar-refractivity contribution in [2.24, 2.45) is 0 Å². The number of amides is 1. The molecule has 0 radical (unpaired) electrons. The number of hydrogen-bond donors (Lipinski definition) is 1. The molecule has 0 saturated carbocycles. The minimum atomic E-state index is -4.49. The number of rotatable bonds is 5.